The van der Waals surface area contributed by atoms with Crippen LogP contribution in [0.3, 0.4) is 0 Å². The van der Waals surface area contributed by atoms with E-state index in [1.54, 1.807) is 0 Å². The molecule has 0 fully saturated rings. The molecule has 0 bridgehead atoms. The van der Waals surface area contributed by atoms with Crippen LogP contribution in [0.5, 0.6) is 0 Å². The molecule has 0 saturated carbocycles. The van der Waals surface area contributed by atoms with Crippen LogP contribution in [-0.2, 0) is 32.4 Å². The quantitative estimate of drug-likeness (QED) is 0.0580. The Morgan fingerprint density at radius 1 is 0.500 bits per heavy atom. The molecule has 2 aromatic heterocycles. The molecule has 6 rings (SSSR count). The van der Waals surface area contributed by atoms with E-state index < -0.39 is 86.3 Å². The van der Waals surface area contributed by atoms with Crippen LogP contribution in [0.4, 0.5) is 49.1 Å². The van der Waals surface area contributed by atoms with Crippen molar-refractivity contribution < 1.29 is 52.8 Å². The van der Waals surface area contributed by atoms with Gasteiger partial charge in [0.05, 0.1) is 62.4 Å². The summed E-state index contributed by atoms with van der Waals surface area (Å²) in [6.07, 6.45) is -7.58. The molecular formula is C38H22Cl6F6N6O6S2. The summed E-state index contributed by atoms with van der Waals surface area (Å²) in [4.78, 5) is 32.2. The molecule has 6 aromatic rings. The molecule has 0 unspecified atom stereocenters. The SMILES string of the molecule is Nc1ccc(Cl)c(C(=O)c2ncc(Cl)cc2NS(=O)(=O)c2ccc(Cl)c(C(F)(F)F)c2)c1.Nc1ccc(Cl)c(C(=O)c2ncc(Cl)cc2NS(=O)(=O)c2ccc(Cl)c(C(F)(F)F)c2)c1. The van der Waals surface area contributed by atoms with E-state index in [1.807, 2.05) is 9.44 Å². The number of anilines is 4. The smallest absolute Gasteiger partial charge is 0.399 e. The fourth-order valence-electron chi connectivity index (χ4n) is 5.27. The molecule has 336 valence electrons. The number of sulfonamides is 2. The third-order valence-electron chi connectivity index (χ3n) is 8.20. The topological polar surface area (TPSA) is 204 Å². The molecule has 0 amide bonds. The first-order valence-electron chi connectivity index (χ1n) is 16.9. The minimum absolute atomic E-state index is 0.0299. The van der Waals surface area contributed by atoms with Gasteiger partial charge in [0, 0.05) is 34.9 Å². The minimum Gasteiger partial charge on any atom is -0.399 e. The van der Waals surface area contributed by atoms with Crippen molar-refractivity contribution in [2.45, 2.75) is 22.1 Å². The summed E-state index contributed by atoms with van der Waals surface area (Å²) < 4.78 is 134. The summed E-state index contributed by atoms with van der Waals surface area (Å²) in [6, 6.07) is 14.5. The van der Waals surface area contributed by atoms with Gasteiger partial charge in [0.25, 0.3) is 20.0 Å². The zero-order valence-electron chi connectivity index (χ0n) is 31.1. The summed E-state index contributed by atoms with van der Waals surface area (Å²) >= 11 is 34.9. The van der Waals surface area contributed by atoms with Crippen molar-refractivity contribution in [1.82, 2.24) is 9.97 Å². The summed E-state index contributed by atoms with van der Waals surface area (Å²) in [5, 5.41) is -1.36. The Kier molecular flexibility index (Phi) is 15.0. The fraction of sp³-hybridized carbons (Fsp3) is 0.0526. The highest BCUT2D eigenvalue weighted by Gasteiger charge is 2.36. The molecule has 2 heterocycles. The van der Waals surface area contributed by atoms with Gasteiger partial charge in [0.15, 0.2) is 0 Å². The van der Waals surface area contributed by atoms with E-state index in [0.29, 0.717) is 12.1 Å². The van der Waals surface area contributed by atoms with E-state index >= 15 is 0 Å². The lowest BCUT2D eigenvalue weighted by atomic mass is 10.1. The summed E-state index contributed by atoms with van der Waals surface area (Å²) in [7, 11) is -9.21. The molecular weight excluding hydrogens is 1030 g/mol. The Labute approximate surface area is 388 Å². The van der Waals surface area contributed by atoms with E-state index in [0.717, 1.165) is 48.8 Å². The van der Waals surface area contributed by atoms with Gasteiger partial charge in [0.2, 0.25) is 11.6 Å². The largest absolute Gasteiger partial charge is 0.417 e. The Hall–Kier alpha value is -5.06. The van der Waals surface area contributed by atoms with Crippen LogP contribution in [0, 0.1) is 0 Å². The lowest BCUT2D eigenvalue weighted by molar-refractivity contribution is -0.138. The van der Waals surface area contributed by atoms with Crippen molar-refractivity contribution in [1.29, 1.82) is 0 Å². The third-order valence-corrected chi connectivity index (χ3v) is 12.7. The number of benzene rings is 4. The minimum atomic E-state index is -4.88. The number of nitrogen functional groups attached to an aromatic ring is 2. The normalized spacial score (nSPS) is 11.9. The van der Waals surface area contributed by atoms with Crippen LogP contribution < -0.4 is 20.9 Å². The summed E-state index contributed by atoms with van der Waals surface area (Å²) in [5.41, 5.74) is 7.46. The monoisotopic (exact) mass is 1050 g/mol. The second kappa shape index (κ2) is 19.2. The average molecular weight is 1050 g/mol. The van der Waals surface area contributed by atoms with E-state index in [1.165, 1.54) is 36.4 Å². The molecule has 0 spiro atoms. The van der Waals surface area contributed by atoms with Gasteiger partial charge >= 0.3 is 12.4 Å². The maximum atomic E-state index is 13.1. The fourth-order valence-corrected chi connectivity index (χ4v) is 8.61. The van der Waals surface area contributed by atoms with Gasteiger partial charge in [-0.1, -0.05) is 69.6 Å². The van der Waals surface area contributed by atoms with Crippen LogP contribution in [0.15, 0.2) is 107 Å². The molecule has 6 N–H and O–H groups in total. The highest BCUT2D eigenvalue weighted by atomic mass is 35.5. The van der Waals surface area contributed by atoms with Gasteiger partial charge in [0.1, 0.15) is 11.4 Å². The van der Waals surface area contributed by atoms with Gasteiger partial charge in [-0.05, 0) is 84.9 Å². The van der Waals surface area contributed by atoms with Crippen molar-refractivity contribution in [2.24, 2.45) is 0 Å². The number of hydrogen-bond donors (Lipinski definition) is 4. The van der Waals surface area contributed by atoms with E-state index in [-0.39, 0.29) is 54.0 Å². The number of carbonyl (C=O) groups excluding carboxylic acids is 2. The molecule has 26 heteroatoms. The summed E-state index contributed by atoms with van der Waals surface area (Å²) in [5.74, 6) is -1.58. The second-order valence-electron chi connectivity index (χ2n) is 12.7. The van der Waals surface area contributed by atoms with Gasteiger partial charge in [-0.25, -0.2) is 26.8 Å². The van der Waals surface area contributed by atoms with E-state index in [9.17, 15) is 52.8 Å². The summed E-state index contributed by atoms with van der Waals surface area (Å²) in [6.45, 7) is 0. The first-order valence-corrected chi connectivity index (χ1v) is 22.1. The molecule has 12 nitrogen and oxygen atoms in total. The number of aromatic nitrogens is 2. The highest BCUT2D eigenvalue weighted by Crippen LogP contribution is 2.38. The van der Waals surface area contributed by atoms with Gasteiger partial charge in [-0.2, -0.15) is 26.3 Å². The van der Waals surface area contributed by atoms with Crippen LogP contribution in [-0.4, -0.2) is 38.4 Å². The van der Waals surface area contributed by atoms with Gasteiger partial charge < -0.3 is 11.5 Å². The molecule has 0 aliphatic carbocycles. The zero-order chi connectivity index (χ0) is 47.7. The molecule has 0 radical (unpaired) electrons. The highest BCUT2D eigenvalue weighted by molar-refractivity contribution is 7.93. The van der Waals surface area contributed by atoms with Crippen LogP contribution in [0.25, 0.3) is 0 Å². The van der Waals surface area contributed by atoms with Crippen LogP contribution >= 0.6 is 69.6 Å². The number of halogens is 12. The molecule has 64 heavy (non-hydrogen) atoms. The predicted molar refractivity (Wildman–Crippen MR) is 232 cm³/mol. The second-order valence-corrected chi connectivity index (χ2v) is 18.6. The van der Waals surface area contributed by atoms with E-state index in [4.69, 9.17) is 81.1 Å². The number of nitrogens with two attached hydrogens (primary N) is 2. The van der Waals surface area contributed by atoms with Crippen LogP contribution in [0.1, 0.15) is 43.2 Å². The van der Waals surface area contributed by atoms with Crippen molar-refractivity contribution >= 4 is 124 Å². The standard InChI is InChI=1S/2C19H11Cl3F3N3O3S/c2*20-9-5-16(17(27-8-9)18(29)12-6-10(26)1-3-14(12)21)28-32(30,31)11-2-4-15(22)13(7-11)19(23,24)25/h2*1-8,28H,26H2. The Morgan fingerprint density at radius 3 is 1.16 bits per heavy atom. The predicted octanol–water partition coefficient (Wildman–Crippen LogP) is 11.3. The number of rotatable bonds is 10. The van der Waals surface area contributed by atoms with E-state index in [2.05, 4.69) is 9.97 Å². The Balaban J connectivity index is 0.000000241. The first kappa shape index (κ1) is 49.9. The van der Waals surface area contributed by atoms with Crippen molar-refractivity contribution in [3.63, 3.8) is 0 Å². The number of carbonyl (C=O) groups is 2. The maximum absolute atomic E-state index is 13.1. The van der Waals surface area contributed by atoms with Crippen LogP contribution in [0.2, 0.25) is 30.1 Å². The number of pyridine rings is 2. The molecule has 0 aliphatic rings. The number of nitrogens with one attached hydrogen (secondary N) is 2. The maximum Gasteiger partial charge on any atom is 0.417 e. The number of ketones is 2. The van der Waals surface area contributed by atoms with Crippen molar-refractivity contribution in [3.8, 4) is 0 Å². The molecule has 0 aliphatic heterocycles. The zero-order valence-corrected chi connectivity index (χ0v) is 37.3. The molecule has 0 saturated heterocycles. The lowest BCUT2D eigenvalue weighted by Crippen LogP contribution is -2.18. The van der Waals surface area contributed by atoms with Gasteiger partial charge in [-0.3, -0.25) is 19.0 Å². The molecule has 0 atom stereocenters. The third kappa shape index (κ3) is 11.8. The van der Waals surface area contributed by atoms with Crippen molar-refractivity contribution in [3.05, 3.63) is 161 Å². The average Bonchev–Trinajstić information content (AvgIpc) is 3.18. The van der Waals surface area contributed by atoms with Gasteiger partial charge in [-0.15, -0.1) is 0 Å². The first-order chi connectivity index (χ1) is 29.6. The number of hydrogen-bond acceptors (Lipinski definition) is 10. The molecule has 4 aromatic carbocycles. The Bertz CT molecular complexity index is 2870. The number of nitrogens with zero attached hydrogens (tertiary/aromatic N) is 2. The Morgan fingerprint density at radius 2 is 0.828 bits per heavy atom. The lowest BCUT2D eigenvalue weighted by Gasteiger charge is -2.14. The van der Waals surface area contributed by atoms with Crippen molar-refractivity contribution in [2.75, 3.05) is 20.9 Å². The number of alkyl halides is 6.